The second kappa shape index (κ2) is 7.79. The van der Waals surface area contributed by atoms with E-state index in [0.717, 1.165) is 54.8 Å². The molecule has 136 valence electrons. The molecular formula is C21H23FN2O2. The van der Waals surface area contributed by atoms with Gasteiger partial charge in [-0.15, -0.1) is 0 Å². The van der Waals surface area contributed by atoms with E-state index in [1.165, 1.54) is 11.6 Å². The van der Waals surface area contributed by atoms with Crippen LogP contribution in [0.15, 0.2) is 48.7 Å². The number of aryl methyl sites for hydroxylation is 1. The molecule has 1 unspecified atom stereocenters. The zero-order valence-corrected chi connectivity index (χ0v) is 14.6. The highest BCUT2D eigenvalue weighted by Crippen LogP contribution is 2.30. The lowest BCUT2D eigenvalue weighted by molar-refractivity contribution is 0.0905. The Morgan fingerprint density at radius 2 is 2.00 bits per heavy atom. The average Bonchev–Trinajstić information content (AvgIpc) is 3.06. The number of para-hydroxylation sites is 2. The Balaban J connectivity index is 1.17. The molecule has 0 saturated carbocycles. The van der Waals surface area contributed by atoms with Crippen LogP contribution in [0.25, 0.3) is 10.9 Å². The van der Waals surface area contributed by atoms with Crippen molar-refractivity contribution in [2.75, 3.05) is 19.7 Å². The molecule has 5 heteroatoms. The standard InChI is InChI=1S/C21H23FN2O2/c22-16-8-9-19-18(11-16)15(12-24-19)5-3-4-10-23-13-17-14-25-20-6-1-2-7-21(20)26-17/h1-2,6-9,11-12,17,23-24H,3-5,10,13-14H2. The summed E-state index contributed by atoms with van der Waals surface area (Å²) in [6.07, 6.45) is 5.10. The maximum atomic E-state index is 13.4. The molecule has 0 spiro atoms. The quantitative estimate of drug-likeness (QED) is 0.629. The third-order valence-electron chi connectivity index (χ3n) is 4.72. The van der Waals surface area contributed by atoms with Gasteiger partial charge in [-0.1, -0.05) is 12.1 Å². The van der Waals surface area contributed by atoms with Crippen molar-refractivity contribution in [2.24, 2.45) is 0 Å². The molecule has 2 N–H and O–H groups in total. The summed E-state index contributed by atoms with van der Waals surface area (Å²) in [7, 11) is 0. The minimum Gasteiger partial charge on any atom is -0.486 e. The summed E-state index contributed by atoms with van der Waals surface area (Å²) < 4.78 is 25.1. The zero-order chi connectivity index (χ0) is 17.8. The summed E-state index contributed by atoms with van der Waals surface area (Å²) in [6, 6.07) is 12.7. The van der Waals surface area contributed by atoms with Crippen molar-refractivity contribution in [1.29, 1.82) is 0 Å². The fourth-order valence-corrected chi connectivity index (χ4v) is 3.35. The number of hydrogen-bond acceptors (Lipinski definition) is 3. The highest BCUT2D eigenvalue weighted by Gasteiger charge is 2.19. The first-order chi connectivity index (χ1) is 12.8. The number of nitrogens with one attached hydrogen (secondary N) is 2. The van der Waals surface area contributed by atoms with Crippen molar-refractivity contribution in [3.63, 3.8) is 0 Å². The third-order valence-corrected chi connectivity index (χ3v) is 4.72. The van der Waals surface area contributed by atoms with Crippen molar-refractivity contribution in [3.8, 4) is 11.5 Å². The van der Waals surface area contributed by atoms with Gasteiger partial charge in [-0.05, 0) is 61.7 Å². The van der Waals surface area contributed by atoms with E-state index in [9.17, 15) is 4.39 Å². The molecule has 0 bridgehead atoms. The maximum absolute atomic E-state index is 13.4. The van der Waals surface area contributed by atoms with Crippen molar-refractivity contribution < 1.29 is 13.9 Å². The molecule has 1 atom stereocenters. The number of halogens is 1. The van der Waals surface area contributed by atoms with Crippen LogP contribution in [0.2, 0.25) is 0 Å². The van der Waals surface area contributed by atoms with E-state index in [-0.39, 0.29) is 11.9 Å². The van der Waals surface area contributed by atoms with Gasteiger partial charge in [-0.25, -0.2) is 4.39 Å². The Labute approximate surface area is 152 Å². The van der Waals surface area contributed by atoms with E-state index < -0.39 is 0 Å². The maximum Gasteiger partial charge on any atom is 0.161 e. The van der Waals surface area contributed by atoms with Crippen molar-refractivity contribution in [1.82, 2.24) is 10.3 Å². The molecule has 0 radical (unpaired) electrons. The molecule has 0 amide bonds. The Bertz CT molecular complexity index is 877. The number of rotatable bonds is 7. The first-order valence-electron chi connectivity index (χ1n) is 9.14. The van der Waals surface area contributed by atoms with Crippen LogP contribution in [0.4, 0.5) is 4.39 Å². The van der Waals surface area contributed by atoms with Crippen molar-refractivity contribution >= 4 is 10.9 Å². The molecule has 0 fully saturated rings. The fourth-order valence-electron chi connectivity index (χ4n) is 3.35. The molecule has 1 aliphatic heterocycles. The van der Waals surface area contributed by atoms with Crippen LogP contribution in [-0.2, 0) is 6.42 Å². The van der Waals surface area contributed by atoms with Gasteiger partial charge in [-0.3, -0.25) is 0 Å². The Morgan fingerprint density at radius 1 is 1.12 bits per heavy atom. The molecule has 4 nitrogen and oxygen atoms in total. The van der Waals surface area contributed by atoms with Crippen LogP contribution >= 0.6 is 0 Å². The predicted octanol–water partition coefficient (Wildman–Crippen LogP) is 4.06. The van der Waals surface area contributed by atoms with Crippen molar-refractivity contribution in [2.45, 2.75) is 25.4 Å². The van der Waals surface area contributed by atoms with Gasteiger partial charge in [0.15, 0.2) is 11.5 Å². The number of ether oxygens (including phenoxy) is 2. The first-order valence-corrected chi connectivity index (χ1v) is 9.14. The van der Waals surface area contributed by atoms with Crippen LogP contribution in [0, 0.1) is 5.82 Å². The molecule has 2 heterocycles. The second-order valence-electron chi connectivity index (χ2n) is 6.66. The van der Waals surface area contributed by atoms with E-state index in [1.807, 2.05) is 30.5 Å². The van der Waals surface area contributed by atoms with E-state index in [0.29, 0.717) is 6.61 Å². The largest absolute Gasteiger partial charge is 0.486 e. The van der Waals surface area contributed by atoms with Gasteiger partial charge < -0.3 is 19.8 Å². The molecule has 26 heavy (non-hydrogen) atoms. The van der Waals surface area contributed by atoms with E-state index in [4.69, 9.17) is 9.47 Å². The molecule has 1 aromatic heterocycles. The summed E-state index contributed by atoms with van der Waals surface area (Å²) in [5.74, 6) is 1.45. The molecule has 4 rings (SSSR count). The lowest BCUT2D eigenvalue weighted by Crippen LogP contribution is -2.38. The third kappa shape index (κ3) is 3.83. The van der Waals surface area contributed by atoms with Gasteiger partial charge in [0.05, 0.1) is 0 Å². The normalized spacial score (nSPS) is 16.1. The molecule has 2 aromatic carbocycles. The van der Waals surface area contributed by atoms with Gasteiger partial charge >= 0.3 is 0 Å². The number of hydrogen-bond donors (Lipinski definition) is 2. The molecule has 3 aromatic rings. The van der Waals surface area contributed by atoms with Crippen LogP contribution in [0.1, 0.15) is 18.4 Å². The highest BCUT2D eigenvalue weighted by molar-refractivity contribution is 5.83. The highest BCUT2D eigenvalue weighted by atomic mass is 19.1. The van der Waals surface area contributed by atoms with E-state index >= 15 is 0 Å². The number of unbranched alkanes of at least 4 members (excludes halogenated alkanes) is 1. The van der Waals surface area contributed by atoms with Gasteiger partial charge in [0.25, 0.3) is 0 Å². The van der Waals surface area contributed by atoms with Gasteiger partial charge in [-0.2, -0.15) is 0 Å². The zero-order valence-electron chi connectivity index (χ0n) is 14.6. The van der Waals surface area contributed by atoms with Crippen molar-refractivity contribution in [3.05, 3.63) is 60.0 Å². The number of fused-ring (bicyclic) bond motifs is 2. The average molecular weight is 354 g/mol. The number of aromatic amines is 1. The summed E-state index contributed by atoms with van der Waals surface area (Å²) in [6.45, 7) is 2.27. The van der Waals surface area contributed by atoms with Gasteiger partial charge in [0.2, 0.25) is 0 Å². The SMILES string of the molecule is Fc1ccc2[nH]cc(CCCCNCC3COc4ccccc4O3)c2c1. The van der Waals surface area contributed by atoms with Crippen LogP contribution in [-0.4, -0.2) is 30.8 Å². The second-order valence-corrected chi connectivity index (χ2v) is 6.66. The van der Waals surface area contributed by atoms with E-state index in [1.54, 1.807) is 12.1 Å². The number of aromatic nitrogens is 1. The Kier molecular flexibility index (Phi) is 5.07. The monoisotopic (exact) mass is 354 g/mol. The van der Waals surface area contributed by atoms with Gasteiger partial charge in [0, 0.05) is 23.6 Å². The predicted molar refractivity (Wildman–Crippen MR) is 100 cm³/mol. The smallest absolute Gasteiger partial charge is 0.161 e. The fraction of sp³-hybridized carbons (Fsp3) is 0.333. The summed E-state index contributed by atoms with van der Waals surface area (Å²) in [5.41, 5.74) is 2.18. The molecule has 0 saturated heterocycles. The summed E-state index contributed by atoms with van der Waals surface area (Å²) in [4.78, 5) is 3.21. The Hall–Kier alpha value is -2.53. The molecule has 0 aliphatic carbocycles. The first kappa shape index (κ1) is 16.9. The lowest BCUT2D eigenvalue weighted by Gasteiger charge is -2.26. The summed E-state index contributed by atoms with van der Waals surface area (Å²) >= 11 is 0. The minimum atomic E-state index is -0.184. The lowest BCUT2D eigenvalue weighted by atomic mass is 10.1. The molecular weight excluding hydrogens is 331 g/mol. The number of H-pyrrole nitrogens is 1. The number of benzene rings is 2. The Morgan fingerprint density at radius 3 is 2.92 bits per heavy atom. The van der Waals surface area contributed by atoms with Crippen LogP contribution < -0.4 is 14.8 Å². The summed E-state index contributed by atoms with van der Waals surface area (Å²) in [5, 5.41) is 4.43. The topological polar surface area (TPSA) is 46.3 Å². The van der Waals surface area contributed by atoms with Gasteiger partial charge in [0.1, 0.15) is 18.5 Å². The van der Waals surface area contributed by atoms with Crippen LogP contribution in [0.5, 0.6) is 11.5 Å². The van der Waals surface area contributed by atoms with Crippen LogP contribution in [0.3, 0.4) is 0 Å². The van der Waals surface area contributed by atoms with E-state index in [2.05, 4.69) is 10.3 Å². The minimum absolute atomic E-state index is 0.0430. The molecule has 1 aliphatic rings.